The van der Waals surface area contributed by atoms with Crippen LogP contribution in [0.25, 0.3) is 0 Å². The number of hydrogen-bond acceptors (Lipinski definition) is 1. The quantitative estimate of drug-likeness (QED) is 0.713. The fourth-order valence-electron chi connectivity index (χ4n) is 0.853. The highest BCUT2D eigenvalue weighted by Gasteiger charge is 2.02. The molecule has 0 aliphatic rings. The van der Waals surface area contributed by atoms with Crippen LogP contribution < -0.4 is 0 Å². The molecule has 1 heterocycles. The number of alkyl halides is 1. The Hall–Kier alpha value is 0.470. The van der Waals surface area contributed by atoms with E-state index in [0.717, 1.165) is 12.8 Å². The zero-order chi connectivity index (χ0) is 8.27. The van der Waals surface area contributed by atoms with Crippen molar-refractivity contribution in [3.05, 3.63) is 20.8 Å². The summed E-state index contributed by atoms with van der Waals surface area (Å²) in [6.07, 6.45) is 2.13. The molecule has 1 atom stereocenters. The minimum atomic E-state index is 0.279. The normalized spacial score (nSPS) is 13.4. The first-order valence-electron chi connectivity index (χ1n) is 3.56. The lowest BCUT2D eigenvalue weighted by Crippen LogP contribution is -1.93. The Labute approximate surface area is 84.7 Å². The van der Waals surface area contributed by atoms with Crippen LogP contribution in [-0.4, -0.2) is 5.38 Å². The van der Waals surface area contributed by atoms with Crippen LogP contribution in [0, 0.1) is 0 Å². The molecule has 0 aliphatic heterocycles. The summed E-state index contributed by atoms with van der Waals surface area (Å²) < 4.78 is 1.25. The predicted octanol–water partition coefficient (Wildman–Crippen LogP) is 4.07. The van der Waals surface area contributed by atoms with E-state index in [-0.39, 0.29) is 5.38 Å². The van der Waals surface area contributed by atoms with Gasteiger partial charge in [0, 0.05) is 5.38 Å². The second-order valence-corrected chi connectivity index (χ2v) is 5.52. The van der Waals surface area contributed by atoms with Crippen molar-refractivity contribution in [2.45, 2.75) is 25.1 Å². The standard InChI is InChI=1S/C8H10BrClS/c1-6(10)2-3-7-4-5-11-8(7)9/h4-6H,2-3H2,1H3. The maximum atomic E-state index is 5.84. The Morgan fingerprint density at radius 2 is 2.45 bits per heavy atom. The van der Waals surface area contributed by atoms with Gasteiger partial charge in [-0.1, -0.05) is 0 Å². The first kappa shape index (κ1) is 9.56. The maximum absolute atomic E-state index is 5.84. The molecule has 0 amide bonds. The highest BCUT2D eigenvalue weighted by atomic mass is 79.9. The Bertz CT molecular complexity index is 220. The second kappa shape index (κ2) is 4.48. The van der Waals surface area contributed by atoms with Crippen molar-refractivity contribution in [2.24, 2.45) is 0 Å². The molecule has 0 spiro atoms. The molecule has 0 nitrogen and oxygen atoms in total. The van der Waals surface area contributed by atoms with Crippen LogP contribution in [0.2, 0.25) is 0 Å². The molecule has 0 saturated heterocycles. The molecule has 62 valence electrons. The third kappa shape index (κ3) is 3.14. The van der Waals surface area contributed by atoms with Crippen LogP contribution in [0.4, 0.5) is 0 Å². The zero-order valence-electron chi connectivity index (χ0n) is 6.31. The van der Waals surface area contributed by atoms with E-state index >= 15 is 0 Å². The minimum absolute atomic E-state index is 0.279. The molecule has 0 bridgehead atoms. The highest BCUT2D eigenvalue weighted by molar-refractivity contribution is 9.11. The van der Waals surface area contributed by atoms with Crippen LogP contribution in [0.1, 0.15) is 18.9 Å². The summed E-state index contributed by atoms with van der Waals surface area (Å²) in [5.74, 6) is 0. The van der Waals surface area contributed by atoms with Crippen molar-refractivity contribution >= 4 is 38.9 Å². The monoisotopic (exact) mass is 252 g/mol. The Balaban J connectivity index is 2.44. The molecular weight excluding hydrogens is 244 g/mol. The SMILES string of the molecule is CC(Cl)CCc1ccsc1Br. The molecule has 0 N–H and O–H groups in total. The van der Waals surface area contributed by atoms with Crippen molar-refractivity contribution in [3.8, 4) is 0 Å². The number of rotatable bonds is 3. The fourth-order valence-corrected chi connectivity index (χ4v) is 2.29. The van der Waals surface area contributed by atoms with Crippen molar-refractivity contribution in [1.29, 1.82) is 0 Å². The van der Waals surface area contributed by atoms with E-state index in [4.69, 9.17) is 11.6 Å². The Morgan fingerprint density at radius 3 is 2.91 bits per heavy atom. The summed E-state index contributed by atoms with van der Waals surface area (Å²) in [4.78, 5) is 0. The van der Waals surface area contributed by atoms with Gasteiger partial charge in [0.25, 0.3) is 0 Å². The largest absolute Gasteiger partial charge is 0.137 e. The van der Waals surface area contributed by atoms with E-state index in [9.17, 15) is 0 Å². The highest BCUT2D eigenvalue weighted by Crippen LogP contribution is 2.25. The third-order valence-corrected chi connectivity index (χ3v) is 3.53. The minimum Gasteiger partial charge on any atom is -0.137 e. The van der Waals surface area contributed by atoms with E-state index in [1.54, 1.807) is 11.3 Å². The smallest absolute Gasteiger partial charge is 0.0730 e. The third-order valence-electron chi connectivity index (χ3n) is 1.50. The molecule has 3 heteroatoms. The summed E-state index contributed by atoms with van der Waals surface area (Å²) in [7, 11) is 0. The Kier molecular flexibility index (Phi) is 3.90. The molecule has 0 radical (unpaired) electrons. The van der Waals surface area contributed by atoms with E-state index in [2.05, 4.69) is 27.4 Å². The number of halogens is 2. The van der Waals surface area contributed by atoms with Crippen LogP contribution in [0.15, 0.2) is 15.2 Å². The zero-order valence-corrected chi connectivity index (χ0v) is 9.47. The van der Waals surface area contributed by atoms with Crippen LogP contribution >= 0.6 is 38.9 Å². The molecule has 1 aromatic heterocycles. The second-order valence-electron chi connectivity index (χ2n) is 2.54. The van der Waals surface area contributed by atoms with E-state index in [1.165, 1.54) is 9.35 Å². The van der Waals surface area contributed by atoms with Crippen molar-refractivity contribution < 1.29 is 0 Å². The van der Waals surface area contributed by atoms with Gasteiger partial charge in [0.15, 0.2) is 0 Å². The number of aryl methyl sites for hydroxylation is 1. The molecule has 11 heavy (non-hydrogen) atoms. The van der Waals surface area contributed by atoms with Gasteiger partial charge in [-0.2, -0.15) is 0 Å². The lowest BCUT2D eigenvalue weighted by Gasteiger charge is -2.00. The number of thiophene rings is 1. The maximum Gasteiger partial charge on any atom is 0.0730 e. The molecule has 0 aromatic carbocycles. The first-order valence-corrected chi connectivity index (χ1v) is 5.67. The van der Waals surface area contributed by atoms with Crippen LogP contribution in [0.3, 0.4) is 0 Å². The van der Waals surface area contributed by atoms with Crippen molar-refractivity contribution in [1.82, 2.24) is 0 Å². The fraction of sp³-hybridized carbons (Fsp3) is 0.500. The molecule has 0 fully saturated rings. The van der Waals surface area contributed by atoms with E-state index < -0.39 is 0 Å². The molecule has 1 unspecified atom stereocenters. The van der Waals surface area contributed by atoms with Crippen molar-refractivity contribution in [3.63, 3.8) is 0 Å². The van der Waals surface area contributed by atoms with Crippen LogP contribution in [0.5, 0.6) is 0 Å². The van der Waals surface area contributed by atoms with Gasteiger partial charge in [0.2, 0.25) is 0 Å². The number of hydrogen-bond donors (Lipinski definition) is 0. The molecule has 1 aromatic rings. The lowest BCUT2D eigenvalue weighted by molar-refractivity contribution is 0.803. The average Bonchev–Trinajstić information content (AvgIpc) is 2.31. The van der Waals surface area contributed by atoms with Gasteiger partial charge in [-0.3, -0.25) is 0 Å². The van der Waals surface area contributed by atoms with E-state index in [0.29, 0.717) is 0 Å². The summed E-state index contributed by atoms with van der Waals surface area (Å²) in [6.45, 7) is 2.03. The van der Waals surface area contributed by atoms with Gasteiger partial charge in [-0.25, -0.2) is 0 Å². The van der Waals surface area contributed by atoms with Gasteiger partial charge in [0.05, 0.1) is 3.79 Å². The predicted molar refractivity (Wildman–Crippen MR) is 55.7 cm³/mol. The topological polar surface area (TPSA) is 0 Å². The average molecular weight is 254 g/mol. The van der Waals surface area contributed by atoms with E-state index in [1.807, 2.05) is 6.92 Å². The first-order chi connectivity index (χ1) is 5.20. The van der Waals surface area contributed by atoms with Gasteiger partial charge >= 0.3 is 0 Å². The summed E-state index contributed by atoms with van der Waals surface area (Å²) in [6, 6.07) is 2.15. The van der Waals surface area contributed by atoms with Gasteiger partial charge in [-0.15, -0.1) is 22.9 Å². The summed E-state index contributed by atoms with van der Waals surface area (Å²) >= 11 is 11.1. The summed E-state index contributed by atoms with van der Waals surface area (Å²) in [5, 5.41) is 2.37. The van der Waals surface area contributed by atoms with Gasteiger partial charge in [0.1, 0.15) is 0 Å². The van der Waals surface area contributed by atoms with Crippen LogP contribution in [-0.2, 0) is 6.42 Å². The Morgan fingerprint density at radius 1 is 1.73 bits per heavy atom. The van der Waals surface area contributed by atoms with Gasteiger partial charge in [-0.05, 0) is 52.7 Å². The van der Waals surface area contributed by atoms with Gasteiger partial charge < -0.3 is 0 Å². The molecule has 0 saturated carbocycles. The lowest BCUT2D eigenvalue weighted by atomic mass is 10.1. The molecular formula is C8H10BrClS. The molecule has 1 rings (SSSR count). The molecule has 0 aliphatic carbocycles. The summed E-state index contributed by atoms with van der Waals surface area (Å²) in [5.41, 5.74) is 1.38. The van der Waals surface area contributed by atoms with Crippen molar-refractivity contribution in [2.75, 3.05) is 0 Å².